The molecule has 1 unspecified atom stereocenters. The molecule has 23 heavy (non-hydrogen) atoms. The molecule has 0 aromatic heterocycles. The first kappa shape index (κ1) is 15.8. The van der Waals surface area contributed by atoms with Crippen molar-refractivity contribution in [1.82, 2.24) is 10.2 Å². The zero-order chi connectivity index (χ0) is 16.2. The maximum atomic E-state index is 12.2. The van der Waals surface area contributed by atoms with Gasteiger partial charge >= 0.3 is 0 Å². The molecule has 0 spiro atoms. The molecular formula is C18H24N2O3. The molecule has 1 heterocycles. The number of likely N-dealkylation sites (tertiary alicyclic amines) is 1. The molecule has 5 heteroatoms. The van der Waals surface area contributed by atoms with Crippen LogP contribution in [-0.2, 0) is 16.0 Å². The first-order chi connectivity index (χ1) is 11.2. The highest BCUT2D eigenvalue weighted by atomic mass is 16.5. The summed E-state index contributed by atoms with van der Waals surface area (Å²) >= 11 is 0. The monoisotopic (exact) mass is 316 g/mol. The fraction of sp³-hybridized carbons (Fsp3) is 0.556. The lowest BCUT2D eigenvalue weighted by Gasteiger charge is -2.33. The molecule has 1 aromatic rings. The van der Waals surface area contributed by atoms with Crippen molar-refractivity contribution in [2.45, 2.75) is 38.1 Å². The van der Waals surface area contributed by atoms with Gasteiger partial charge in [-0.15, -0.1) is 0 Å². The van der Waals surface area contributed by atoms with E-state index < -0.39 is 0 Å². The second-order valence-corrected chi connectivity index (χ2v) is 6.49. The molecule has 1 aliphatic carbocycles. The van der Waals surface area contributed by atoms with Crippen LogP contribution in [0.5, 0.6) is 5.75 Å². The molecular weight excluding hydrogens is 292 g/mol. The lowest BCUT2D eigenvalue weighted by atomic mass is 10.0. The Hall–Kier alpha value is -2.04. The van der Waals surface area contributed by atoms with Gasteiger partial charge in [-0.25, -0.2) is 0 Å². The SMILES string of the molecule is COc1cccc(CC(=O)NC2CCCN(C(=O)C3CC3)C2)c1. The average molecular weight is 316 g/mol. The minimum absolute atomic E-state index is 0.00368. The first-order valence-electron chi connectivity index (χ1n) is 8.37. The zero-order valence-electron chi connectivity index (χ0n) is 13.6. The van der Waals surface area contributed by atoms with Crippen LogP contribution in [0.1, 0.15) is 31.2 Å². The summed E-state index contributed by atoms with van der Waals surface area (Å²) in [5.41, 5.74) is 0.934. The minimum Gasteiger partial charge on any atom is -0.497 e. The van der Waals surface area contributed by atoms with E-state index >= 15 is 0 Å². The molecule has 1 atom stereocenters. The molecule has 2 aliphatic rings. The lowest BCUT2D eigenvalue weighted by Crippen LogP contribution is -2.50. The van der Waals surface area contributed by atoms with Crippen molar-refractivity contribution in [3.8, 4) is 5.75 Å². The van der Waals surface area contributed by atoms with Gasteiger partial charge in [0.15, 0.2) is 0 Å². The Labute approximate surface area is 137 Å². The number of hydrogen-bond acceptors (Lipinski definition) is 3. The molecule has 0 radical (unpaired) electrons. The van der Waals surface area contributed by atoms with Crippen LogP contribution in [0, 0.1) is 5.92 Å². The second kappa shape index (κ2) is 7.02. The maximum absolute atomic E-state index is 12.2. The van der Waals surface area contributed by atoms with Gasteiger partial charge in [0, 0.05) is 25.0 Å². The Kier molecular flexibility index (Phi) is 4.84. The molecule has 2 fully saturated rings. The Morgan fingerprint density at radius 1 is 1.30 bits per heavy atom. The highest BCUT2D eigenvalue weighted by Gasteiger charge is 2.35. The molecule has 124 valence electrons. The van der Waals surface area contributed by atoms with Crippen LogP contribution in [0.2, 0.25) is 0 Å². The van der Waals surface area contributed by atoms with Crippen LogP contribution in [0.3, 0.4) is 0 Å². The number of rotatable bonds is 5. The molecule has 1 aliphatic heterocycles. The summed E-state index contributed by atoms with van der Waals surface area (Å²) in [5, 5.41) is 3.08. The number of piperidine rings is 1. The summed E-state index contributed by atoms with van der Waals surface area (Å²) in [6, 6.07) is 7.63. The number of benzene rings is 1. The molecule has 1 saturated carbocycles. The van der Waals surface area contributed by atoms with Crippen LogP contribution in [0.25, 0.3) is 0 Å². The van der Waals surface area contributed by atoms with Gasteiger partial charge in [-0.05, 0) is 43.4 Å². The van der Waals surface area contributed by atoms with Gasteiger partial charge in [0.25, 0.3) is 0 Å². The van der Waals surface area contributed by atoms with Gasteiger partial charge in [-0.2, -0.15) is 0 Å². The lowest BCUT2D eigenvalue weighted by molar-refractivity contribution is -0.134. The predicted octanol–water partition coefficient (Wildman–Crippen LogP) is 1.75. The molecule has 1 aromatic carbocycles. The summed E-state index contributed by atoms with van der Waals surface area (Å²) in [6.45, 7) is 1.48. The summed E-state index contributed by atoms with van der Waals surface area (Å²) in [7, 11) is 1.62. The molecule has 0 bridgehead atoms. The van der Waals surface area contributed by atoms with Gasteiger partial charge in [0.2, 0.25) is 11.8 Å². The number of nitrogens with one attached hydrogen (secondary N) is 1. The van der Waals surface area contributed by atoms with E-state index in [0.717, 1.165) is 43.5 Å². The fourth-order valence-electron chi connectivity index (χ4n) is 3.13. The second-order valence-electron chi connectivity index (χ2n) is 6.49. The Morgan fingerprint density at radius 3 is 2.87 bits per heavy atom. The normalized spacial score (nSPS) is 20.9. The largest absolute Gasteiger partial charge is 0.497 e. The molecule has 1 N–H and O–H groups in total. The summed E-state index contributed by atoms with van der Waals surface area (Å²) in [5.74, 6) is 1.29. The first-order valence-corrected chi connectivity index (χ1v) is 8.37. The quantitative estimate of drug-likeness (QED) is 0.900. The van der Waals surface area contributed by atoms with E-state index in [0.29, 0.717) is 13.0 Å². The van der Waals surface area contributed by atoms with Crippen LogP contribution in [-0.4, -0.2) is 43.0 Å². The van der Waals surface area contributed by atoms with E-state index in [1.54, 1.807) is 7.11 Å². The predicted molar refractivity (Wildman–Crippen MR) is 87.2 cm³/mol. The third-order valence-electron chi connectivity index (χ3n) is 4.52. The smallest absolute Gasteiger partial charge is 0.225 e. The number of carbonyl (C=O) groups excluding carboxylic acids is 2. The maximum Gasteiger partial charge on any atom is 0.225 e. The van der Waals surface area contributed by atoms with Gasteiger partial charge in [-0.1, -0.05) is 12.1 Å². The molecule has 5 nitrogen and oxygen atoms in total. The number of methoxy groups -OCH3 is 1. The van der Waals surface area contributed by atoms with Crippen molar-refractivity contribution in [3.05, 3.63) is 29.8 Å². The van der Waals surface area contributed by atoms with Crippen molar-refractivity contribution in [2.75, 3.05) is 20.2 Å². The summed E-state index contributed by atoms with van der Waals surface area (Å²) in [4.78, 5) is 26.3. The van der Waals surface area contributed by atoms with E-state index in [-0.39, 0.29) is 23.8 Å². The van der Waals surface area contributed by atoms with Gasteiger partial charge in [0.05, 0.1) is 13.5 Å². The summed E-state index contributed by atoms with van der Waals surface area (Å²) in [6.07, 6.45) is 4.30. The zero-order valence-corrected chi connectivity index (χ0v) is 13.6. The number of ether oxygens (including phenoxy) is 1. The number of nitrogens with zero attached hydrogens (tertiary/aromatic N) is 1. The Morgan fingerprint density at radius 2 is 2.13 bits per heavy atom. The third kappa shape index (κ3) is 4.24. The Balaban J connectivity index is 1.51. The topological polar surface area (TPSA) is 58.6 Å². The minimum atomic E-state index is 0.00368. The van der Waals surface area contributed by atoms with E-state index in [1.807, 2.05) is 29.2 Å². The van der Waals surface area contributed by atoms with Crippen LogP contribution >= 0.6 is 0 Å². The fourth-order valence-corrected chi connectivity index (χ4v) is 3.13. The van der Waals surface area contributed by atoms with Crippen LogP contribution < -0.4 is 10.1 Å². The molecule has 3 rings (SSSR count). The average Bonchev–Trinajstić information content (AvgIpc) is 3.39. The van der Waals surface area contributed by atoms with E-state index in [9.17, 15) is 9.59 Å². The Bertz CT molecular complexity index is 583. The van der Waals surface area contributed by atoms with E-state index in [4.69, 9.17) is 4.74 Å². The van der Waals surface area contributed by atoms with Crippen molar-refractivity contribution < 1.29 is 14.3 Å². The van der Waals surface area contributed by atoms with Crippen molar-refractivity contribution in [2.24, 2.45) is 5.92 Å². The molecule has 2 amide bonds. The highest BCUT2D eigenvalue weighted by molar-refractivity contribution is 5.81. The number of amides is 2. The highest BCUT2D eigenvalue weighted by Crippen LogP contribution is 2.31. The van der Waals surface area contributed by atoms with Crippen molar-refractivity contribution in [3.63, 3.8) is 0 Å². The van der Waals surface area contributed by atoms with Crippen LogP contribution in [0.4, 0.5) is 0 Å². The third-order valence-corrected chi connectivity index (χ3v) is 4.52. The van der Waals surface area contributed by atoms with Crippen LogP contribution in [0.15, 0.2) is 24.3 Å². The number of carbonyl (C=O) groups is 2. The number of hydrogen-bond donors (Lipinski definition) is 1. The van der Waals surface area contributed by atoms with Gasteiger partial charge in [-0.3, -0.25) is 9.59 Å². The summed E-state index contributed by atoms with van der Waals surface area (Å²) < 4.78 is 5.18. The van der Waals surface area contributed by atoms with E-state index in [2.05, 4.69) is 5.32 Å². The van der Waals surface area contributed by atoms with E-state index in [1.165, 1.54) is 0 Å². The molecule has 1 saturated heterocycles. The van der Waals surface area contributed by atoms with Gasteiger partial charge in [0.1, 0.15) is 5.75 Å². The van der Waals surface area contributed by atoms with Crippen molar-refractivity contribution in [1.29, 1.82) is 0 Å². The van der Waals surface area contributed by atoms with Gasteiger partial charge < -0.3 is 15.0 Å². The standard InChI is InChI=1S/C18H24N2O3/c1-23-16-6-2-4-13(10-16)11-17(21)19-15-5-3-9-20(12-15)18(22)14-7-8-14/h2,4,6,10,14-15H,3,5,7-9,11-12H2,1H3,(H,19,21). The van der Waals surface area contributed by atoms with Crippen molar-refractivity contribution >= 4 is 11.8 Å².